The predicted octanol–water partition coefficient (Wildman–Crippen LogP) is 4.50. The lowest BCUT2D eigenvalue weighted by molar-refractivity contribution is -0.120. The number of likely N-dealkylation sites (N-methyl/N-ethyl adjacent to an activating group) is 1. The Morgan fingerprint density at radius 2 is 1.87 bits per heavy atom. The number of hydrogen-bond acceptors (Lipinski definition) is 3. The van der Waals surface area contributed by atoms with Crippen molar-refractivity contribution in [3.63, 3.8) is 0 Å². The summed E-state index contributed by atoms with van der Waals surface area (Å²) in [7, 11) is 1.98. The number of nitrogens with one attached hydrogen (secondary N) is 1. The van der Waals surface area contributed by atoms with Crippen LogP contribution in [0, 0.1) is 0 Å². The van der Waals surface area contributed by atoms with Crippen LogP contribution in [0.4, 0.5) is 5.69 Å². The molecule has 0 saturated carbocycles. The standard InChI is InChI=1S/C19H26N2OS/c1-14(21(5)12-15-10-11-23-13-15)18(22)20-17-8-6-16(7-9-17)19(2,3)4/h6-11,13-14H,12H2,1-5H3,(H,20,22)/t14-/m0/s1. The third kappa shape index (κ3) is 4.91. The second-order valence-electron chi connectivity index (χ2n) is 7.04. The van der Waals surface area contributed by atoms with E-state index in [2.05, 4.69) is 59.9 Å². The summed E-state index contributed by atoms with van der Waals surface area (Å²) in [4.78, 5) is 14.5. The van der Waals surface area contributed by atoms with Crippen molar-refractivity contribution in [2.75, 3.05) is 12.4 Å². The van der Waals surface area contributed by atoms with Gasteiger partial charge < -0.3 is 5.32 Å². The SMILES string of the molecule is C[C@@H](C(=O)Nc1ccc(C(C)(C)C)cc1)N(C)Cc1ccsc1. The van der Waals surface area contributed by atoms with Gasteiger partial charge in [-0.05, 0) is 59.5 Å². The first-order chi connectivity index (χ1) is 10.8. The molecule has 2 aromatic rings. The van der Waals surface area contributed by atoms with Crippen molar-refractivity contribution in [3.05, 3.63) is 52.2 Å². The molecule has 0 fully saturated rings. The predicted molar refractivity (Wildman–Crippen MR) is 99.0 cm³/mol. The van der Waals surface area contributed by atoms with E-state index in [4.69, 9.17) is 0 Å². The zero-order chi connectivity index (χ0) is 17.0. The molecule has 3 nitrogen and oxygen atoms in total. The van der Waals surface area contributed by atoms with E-state index >= 15 is 0 Å². The highest BCUT2D eigenvalue weighted by Crippen LogP contribution is 2.23. The molecule has 4 heteroatoms. The molecule has 0 bridgehead atoms. The minimum atomic E-state index is -0.183. The van der Waals surface area contributed by atoms with Gasteiger partial charge in [-0.1, -0.05) is 32.9 Å². The Hall–Kier alpha value is -1.65. The Kier molecular flexibility index (Phi) is 5.60. The summed E-state index contributed by atoms with van der Waals surface area (Å²) >= 11 is 1.68. The van der Waals surface area contributed by atoms with Gasteiger partial charge in [0, 0.05) is 12.2 Å². The Balaban J connectivity index is 1.95. The number of amides is 1. The molecule has 0 spiro atoms. The van der Waals surface area contributed by atoms with E-state index in [0.717, 1.165) is 12.2 Å². The highest BCUT2D eigenvalue weighted by molar-refractivity contribution is 7.07. The molecule has 1 atom stereocenters. The molecule has 1 amide bonds. The number of rotatable bonds is 5. The molecule has 1 heterocycles. The lowest BCUT2D eigenvalue weighted by Crippen LogP contribution is -2.39. The number of nitrogens with zero attached hydrogens (tertiary/aromatic N) is 1. The van der Waals surface area contributed by atoms with Gasteiger partial charge >= 0.3 is 0 Å². The second-order valence-corrected chi connectivity index (χ2v) is 7.82. The third-order valence-corrected chi connectivity index (χ3v) is 4.80. The molecule has 0 radical (unpaired) electrons. The summed E-state index contributed by atoms with van der Waals surface area (Å²) in [5.41, 5.74) is 3.47. The molecule has 0 aliphatic rings. The van der Waals surface area contributed by atoms with Gasteiger partial charge in [0.1, 0.15) is 0 Å². The van der Waals surface area contributed by atoms with Gasteiger partial charge in [0.15, 0.2) is 0 Å². The number of thiophene rings is 1. The molecular weight excluding hydrogens is 304 g/mol. The Labute approximate surface area is 143 Å². The summed E-state index contributed by atoms with van der Waals surface area (Å²) in [6, 6.07) is 10.0. The van der Waals surface area contributed by atoms with Gasteiger partial charge in [-0.15, -0.1) is 0 Å². The molecule has 0 saturated heterocycles. The van der Waals surface area contributed by atoms with Gasteiger partial charge in [0.2, 0.25) is 5.91 Å². The van der Waals surface area contributed by atoms with E-state index in [1.165, 1.54) is 11.1 Å². The topological polar surface area (TPSA) is 32.3 Å². The first kappa shape index (κ1) is 17.7. The third-order valence-electron chi connectivity index (χ3n) is 4.07. The highest BCUT2D eigenvalue weighted by Gasteiger charge is 2.19. The summed E-state index contributed by atoms with van der Waals surface area (Å²) < 4.78 is 0. The molecule has 0 aliphatic carbocycles. The van der Waals surface area contributed by atoms with Crippen molar-refractivity contribution in [3.8, 4) is 0 Å². The first-order valence-corrected chi connectivity index (χ1v) is 8.84. The monoisotopic (exact) mass is 330 g/mol. The van der Waals surface area contributed by atoms with Crippen LogP contribution in [-0.2, 0) is 16.8 Å². The molecule has 0 aliphatic heterocycles. The summed E-state index contributed by atoms with van der Waals surface area (Å²) in [6.07, 6.45) is 0. The Morgan fingerprint density at radius 1 is 1.22 bits per heavy atom. The van der Waals surface area contributed by atoms with Crippen molar-refractivity contribution >= 4 is 22.9 Å². The average Bonchev–Trinajstić information content (AvgIpc) is 2.98. The lowest BCUT2D eigenvalue weighted by atomic mass is 9.87. The molecule has 1 N–H and O–H groups in total. The van der Waals surface area contributed by atoms with Crippen molar-refractivity contribution < 1.29 is 4.79 Å². The fraction of sp³-hybridized carbons (Fsp3) is 0.421. The fourth-order valence-corrected chi connectivity index (χ4v) is 2.97. The molecule has 23 heavy (non-hydrogen) atoms. The van der Waals surface area contributed by atoms with Crippen molar-refractivity contribution in [2.24, 2.45) is 0 Å². The van der Waals surface area contributed by atoms with Crippen LogP contribution in [0.3, 0.4) is 0 Å². The van der Waals surface area contributed by atoms with E-state index in [1.807, 2.05) is 26.1 Å². The van der Waals surface area contributed by atoms with Crippen LogP contribution in [0.1, 0.15) is 38.8 Å². The quantitative estimate of drug-likeness (QED) is 0.875. The zero-order valence-corrected chi connectivity index (χ0v) is 15.4. The Bertz CT molecular complexity index is 626. The van der Waals surface area contributed by atoms with Crippen LogP contribution in [0.25, 0.3) is 0 Å². The van der Waals surface area contributed by atoms with Crippen molar-refractivity contribution in [1.82, 2.24) is 4.90 Å². The molecule has 1 aromatic heterocycles. The van der Waals surface area contributed by atoms with Gasteiger partial charge in [0.25, 0.3) is 0 Å². The highest BCUT2D eigenvalue weighted by atomic mass is 32.1. The minimum absolute atomic E-state index is 0.0197. The second kappa shape index (κ2) is 7.28. The van der Waals surface area contributed by atoms with Crippen molar-refractivity contribution in [2.45, 2.75) is 45.7 Å². The lowest BCUT2D eigenvalue weighted by Gasteiger charge is -2.24. The molecule has 124 valence electrons. The first-order valence-electron chi connectivity index (χ1n) is 7.90. The number of hydrogen-bond donors (Lipinski definition) is 1. The van der Waals surface area contributed by atoms with Gasteiger partial charge in [0.05, 0.1) is 6.04 Å². The number of carbonyl (C=O) groups excluding carboxylic acids is 1. The Morgan fingerprint density at radius 3 is 2.39 bits per heavy atom. The van der Waals surface area contributed by atoms with E-state index < -0.39 is 0 Å². The van der Waals surface area contributed by atoms with Gasteiger partial charge in [-0.25, -0.2) is 0 Å². The molecule has 2 rings (SSSR count). The van der Waals surface area contributed by atoms with Crippen LogP contribution < -0.4 is 5.32 Å². The van der Waals surface area contributed by atoms with Gasteiger partial charge in [-0.3, -0.25) is 9.69 Å². The van der Waals surface area contributed by atoms with Crippen molar-refractivity contribution in [1.29, 1.82) is 0 Å². The van der Waals surface area contributed by atoms with Crippen LogP contribution in [-0.4, -0.2) is 23.9 Å². The number of carbonyl (C=O) groups is 1. The normalized spacial score (nSPS) is 13.1. The number of benzene rings is 1. The van der Waals surface area contributed by atoms with Crippen LogP contribution in [0.5, 0.6) is 0 Å². The van der Waals surface area contributed by atoms with Crippen LogP contribution >= 0.6 is 11.3 Å². The summed E-state index contributed by atoms with van der Waals surface area (Å²) in [5.74, 6) is 0.0197. The van der Waals surface area contributed by atoms with Crippen LogP contribution in [0.2, 0.25) is 0 Å². The zero-order valence-electron chi connectivity index (χ0n) is 14.6. The summed E-state index contributed by atoms with van der Waals surface area (Å²) in [6.45, 7) is 9.26. The van der Waals surface area contributed by atoms with Crippen LogP contribution in [0.15, 0.2) is 41.1 Å². The van der Waals surface area contributed by atoms with E-state index in [1.54, 1.807) is 11.3 Å². The molecular formula is C19H26N2OS. The van der Waals surface area contributed by atoms with E-state index in [0.29, 0.717) is 0 Å². The summed E-state index contributed by atoms with van der Waals surface area (Å²) in [5, 5.41) is 7.18. The minimum Gasteiger partial charge on any atom is -0.325 e. The smallest absolute Gasteiger partial charge is 0.241 e. The molecule has 1 aromatic carbocycles. The number of anilines is 1. The van der Waals surface area contributed by atoms with E-state index in [-0.39, 0.29) is 17.4 Å². The molecule has 0 unspecified atom stereocenters. The fourth-order valence-electron chi connectivity index (χ4n) is 2.31. The largest absolute Gasteiger partial charge is 0.325 e. The van der Waals surface area contributed by atoms with Gasteiger partial charge in [-0.2, -0.15) is 11.3 Å². The maximum Gasteiger partial charge on any atom is 0.241 e. The average molecular weight is 330 g/mol. The maximum atomic E-state index is 12.4. The van der Waals surface area contributed by atoms with E-state index in [9.17, 15) is 4.79 Å². The maximum absolute atomic E-state index is 12.4.